The number of amides is 1. The van der Waals surface area contributed by atoms with Crippen LogP contribution in [0.5, 0.6) is 0 Å². The quantitative estimate of drug-likeness (QED) is 0.506. The van der Waals surface area contributed by atoms with Gasteiger partial charge in [0.15, 0.2) is 0 Å². The fourth-order valence-corrected chi connectivity index (χ4v) is 3.21. The Morgan fingerprint density at radius 1 is 1.31 bits per heavy atom. The van der Waals surface area contributed by atoms with Gasteiger partial charge in [-0.25, -0.2) is 4.79 Å². The van der Waals surface area contributed by atoms with Crippen LogP contribution in [0.1, 0.15) is 12.8 Å². The van der Waals surface area contributed by atoms with Crippen LogP contribution in [0.4, 0.5) is 4.79 Å². The number of hydrogen-bond acceptors (Lipinski definition) is 2. The van der Waals surface area contributed by atoms with Crippen molar-refractivity contribution in [1.29, 1.82) is 0 Å². The molecule has 4 atom stereocenters. The number of ether oxygens (including phenoxy) is 1. The van der Waals surface area contributed by atoms with E-state index in [9.17, 15) is 4.79 Å². The minimum absolute atomic E-state index is 0.184. The number of nitrogens with zero attached hydrogens (tertiary/aromatic N) is 1. The van der Waals surface area contributed by atoms with Crippen LogP contribution in [0, 0.1) is 0 Å². The van der Waals surface area contributed by atoms with Crippen molar-refractivity contribution in [2.45, 2.75) is 34.6 Å². The lowest BCUT2D eigenvalue weighted by molar-refractivity contribution is 0.150. The van der Waals surface area contributed by atoms with Crippen molar-refractivity contribution in [3.8, 4) is 0 Å². The second-order valence-electron chi connectivity index (χ2n) is 3.52. The first-order chi connectivity index (χ1) is 6.15. The maximum absolute atomic E-state index is 11.2. The highest BCUT2D eigenvalue weighted by Crippen LogP contribution is 2.45. The van der Waals surface area contributed by atoms with Crippen molar-refractivity contribution in [3.63, 3.8) is 0 Å². The van der Waals surface area contributed by atoms with Gasteiger partial charge in [-0.15, -0.1) is 0 Å². The molecular formula is C8H11Br2NO2. The molecule has 0 aromatic heterocycles. The average molecular weight is 313 g/mol. The van der Waals surface area contributed by atoms with Crippen LogP contribution >= 0.6 is 31.9 Å². The van der Waals surface area contributed by atoms with E-state index in [0.29, 0.717) is 21.7 Å². The molecule has 2 fully saturated rings. The molecule has 1 heterocycles. The summed E-state index contributed by atoms with van der Waals surface area (Å²) in [6.07, 6.45) is 1.86. The molecular weight excluding hydrogens is 302 g/mol. The van der Waals surface area contributed by atoms with E-state index in [1.165, 1.54) is 7.11 Å². The SMILES string of the molecule is COC(=O)N1C2CC(Br)C(Br)CC21. The summed E-state index contributed by atoms with van der Waals surface area (Å²) < 4.78 is 4.69. The second kappa shape index (κ2) is 3.42. The summed E-state index contributed by atoms with van der Waals surface area (Å²) in [5, 5.41) is 0. The van der Waals surface area contributed by atoms with Gasteiger partial charge in [0.1, 0.15) is 0 Å². The molecule has 1 aliphatic heterocycles. The highest BCUT2D eigenvalue weighted by atomic mass is 79.9. The molecule has 13 heavy (non-hydrogen) atoms. The number of methoxy groups -OCH3 is 1. The van der Waals surface area contributed by atoms with E-state index in [0.717, 1.165) is 12.8 Å². The Bertz CT molecular complexity index is 220. The predicted molar refractivity (Wildman–Crippen MR) is 56.5 cm³/mol. The first-order valence-corrected chi connectivity index (χ1v) is 6.12. The Labute approximate surface area is 94.1 Å². The molecule has 3 nitrogen and oxygen atoms in total. The van der Waals surface area contributed by atoms with Crippen molar-refractivity contribution in [2.24, 2.45) is 0 Å². The van der Waals surface area contributed by atoms with E-state index in [4.69, 9.17) is 4.74 Å². The summed E-state index contributed by atoms with van der Waals surface area (Å²) in [7, 11) is 1.43. The molecule has 2 aliphatic rings. The number of halogens is 2. The zero-order valence-corrected chi connectivity index (χ0v) is 10.4. The van der Waals surface area contributed by atoms with Gasteiger partial charge in [0.25, 0.3) is 0 Å². The van der Waals surface area contributed by atoms with Gasteiger partial charge < -0.3 is 4.74 Å². The van der Waals surface area contributed by atoms with Gasteiger partial charge in [-0.1, -0.05) is 31.9 Å². The second-order valence-corrected chi connectivity index (χ2v) is 5.87. The number of hydrogen-bond donors (Lipinski definition) is 0. The van der Waals surface area contributed by atoms with Gasteiger partial charge in [-0.2, -0.15) is 0 Å². The molecule has 1 aliphatic carbocycles. The standard InChI is InChI=1S/C8H11Br2NO2/c1-13-8(12)11-6-2-4(9)5(10)3-7(6)11/h4-7H,2-3H2,1H3. The van der Waals surface area contributed by atoms with Gasteiger partial charge in [-0.05, 0) is 12.8 Å². The van der Waals surface area contributed by atoms with Crippen LogP contribution in [-0.2, 0) is 4.74 Å². The largest absolute Gasteiger partial charge is 0.453 e. The lowest BCUT2D eigenvalue weighted by Gasteiger charge is -2.18. The first kappa shape index (κ1) is 9.77. The van der Waals surface area contributed by atoms with E-state index < -0.39 is 0 Å². The summed E-state index contributed by atoms with van der Waals surface area (Å²) in [4.78, 5) is 14.0. The molecule has 1 saturated carbocycles. The fourth-order valence-electron chi connectivity index (χ4n) is 2.01. The van der Waals surface area contributed by atoms with Crippen molar-refractivity contribution < 1.29 is 9.53 Å². The third kappa shape index (κ3) is 1.61. The van der Waals surface area contributed by atoms with E-state index in [2.05, 4.69) is 31.9 Å². The topological polar surface area (TPSA) is 29.3 Å². The molecule has 1 amide bonds. The van der Waals surface area contributed by atoms with Crippen LogP contribution in [0.15, 0.2) is 0 Å². The molecule has 4 unspecified atom stereocenters. The Morgan fingerprint density at radius 3 is 2.15 bits per heavy atom. The summed E-state index contributed by atoms with van der Waals surface area (Å²) in [5.41, 5.74) is 0. The maximum atomic E-state index is 11.2. The van der Waals surface area contributed by atoms with Crippen molar-refractivity contribution in [1.82, 2.24) is 4.90 Å². The summed E-state index contributed by atoms with van der Waals surface area (Å²) in [6, 6.07) is 0.816. The summed E-state index contributed by atoms with van der Waals surface area (Å²) in [5.74, 6) is 0. The van der Waals surface area contributed by atoms with E-state index in [1.807, 2.05) is 4.90 Å². The number of carbonyl (C=O) groups is 1. The zero-order chi connectivity index (χ0) is 9.59. The Balaban J connectivity index is 1.98. The predicted octanol–water partition coefficient (Wildman–Crippen LogP) is 2.13. The van der Waals surface area contributed by atoms with Crippen LogP contribution < -0.4 is 0 Å². The lowest BCUT2D eigenvalue weighted by atomic mass is 10.0. The third-order valence-electron chi connectivity index (χ3n) is 2.78. The van der Waals surface area contributed by atoms with Crippen LogP contribution in [-0.4, -0.2) is 39.8 Å². The number of rotatable bonds is 0. The molecule has 2 rings (SSSR count). The smallest absolute Gasteiger partial charge is 0.410 e. The molecule has 0 N–H and O–H groups in total. The van der Waals surface area contributed by atoms with E-state index in [1.54, 1.807) is 0 Å². The monoisotopic (exact) mass is 311 g/mol. The molecule has 0 bridgehead atoms. The normalized spacial score (nSPS) is 42.5. The van der Waals surface area contributed by atoms with Crippen LogP contribution in [0.3, 0.4) is 0 Å². The summed E-state index contributed by atoms with van der Waals surface area (Å²) in [6.45, 7) is 0. The molecule has 1 saturated heterocycles. The third-order valence-corrected chi connectivity index (χ3v) is 5.51. The molecule has 5 heteroatoms. The van der Waals surface area contributed by atoms with Gasteiger partial charge >= 0.3 is 6.09 Å². The average Bonchev–Trinajstić information content (AvgIpc) is 2.77. The Morgan fingerprint density at radius 2 is 1.77 bits per heavy atom. The molecule has 0 aromatic carbocycles. The van der Waals surface area contributed by atoms with E-state index in [-0.39, 0.29) is 6.09 Å². The fraction of sp³-hybridized carbons (Fsp3) is 0.875. The zero-order valence-electron chi connectivity index (χ0n) is 7.24. The van der Waals surface area contributed by atoms with Gasteiger partial charge in [0, 0.05) is 9.65 Å². The highest BCUT2D eigenvalue weighted by molar-refractivity contribution is 9.12. The minimum atomic E-state index is -0.184. The van der Waals surface area contributed by atoms with Gasteiger partial charge in [-0.3, -0.25) is 4.90 Å². The van der Waals surface area contributed by atoms with Gasteiger partial charge in [0.2, 0.25) is 0 Å². The maximum Gasteiger partial charge on any atom is 0.410 e. The van der Waals surface area contributed by atoms with Crippen molar-refractivity contribution in [3.05, 3.63) is 0 Å². The first-order valence-electron chi connectivity index (χ1n) is 4.29. The van der Waals surface area contributed by atoms with E-state index >= 15 is 0 Å². The van der Waals surface area contributed by atoms with Gasteiger partial charge in [0.05, 0.1) is 19.2 Å². The number of alkyl halides is 2. The van der Waals surface area contributed by atoms with Crippen LogP contribution in [0.2, 0.25) is 0 Å². The van der Waals surface area contributed by atoms with Crippen molar-refractivity contribution >= 4 is 38.0 Å². The molecule has 0 radical (unpaired) electrons. The molecule has 0 aromatic rings. The van der Waals surface area contributed by atoms with Crippen LogP contribution in [0.25, 0.3) is 0 Å². The van der Waals surface area contributed by atoms with Crippen molar-refractivity contribution in [2.75, 3.05) is 7.11 Å². The Kier molecular flexibility index (Phi) is 2.57. The number of likely N-dealkylation sites (tertiary alicyclic amines) is 1. The number of fused-ring (bicyclic) bond motifs is 1. The Hall–Kier alpha value is 0.230. The highest BCUT2D eigenvalue weighted by Gasteiger charge is 2.56. The summed E-state index contributed by atoms with van der Waals surface area (Å²) >= 11 is 7.19. The molecule has 0 spiro atoms. The number of carbonyl (C=O) groups excluding carboxylic acids is 1. The minimum Gasteiger partial charge on any atom is -0.453 e. The molecule has 74 valence electrons. The lowest BCUT2D eigenvalue weighted by Crippen LogP contribution is -2.24.